The van der Waals surface area contributed by atoms with Gasteiger partial charge in [-0.05, 0) is 19.9 Å². The van der Waals surface area contributed by atoms with E-state index in [1.54, 1.807) is 18.3 Å². The Morgan fingerprint density at radius 3 is 2.61 bits per heavy atom. The topological polar surface area (TPSA) is 88.4 Å². The van der Waals surface area contributed by atoms with Crippen LogP contribution < -0.4 is 10.9 Å². The molecule has 0 bridgehead atoms. The Morgan fingerprint density at radius 2 is 2.06 bits per heavy atom. The molecule has 98 valence electrons. The molecule has 1 aromatic heterocycles. The van der Waals surface area contributed by atoms with Gasteiger partial charge in [-0.2, -0.15) is 0 Å². The molecule has 1 heterocycles. The molecule has 0 aliphatic carbocycles. The van der Waals surface area contributed by atoms with Gasteiger partial charge >= 0.3 is 5.97 Å². The second-order valence-electron chi connectivity index (χ2n) is 4.42. The van der Waals surface area contributed by atoms with Crippen LogP contribution in [0.4, 0.5) is 0 Å². The van der Waals surface area contributed by atoms with Crippen LogP contribution in [-0.4, -0.2) is 28.1 Å². The van der Waals surface area contributed by atoms with Crippen LogP contribution in [0.5, 0.6) is 0 Å². The molecule has 6 heteroatoms. The highest BCUT2D eigenvalue weighted by molar-refractivity contribution is 6.00. The molecule has 0 aromatic carbocycles. The maximum Gasteiger partial charge on any atom is 0.318 e. The quantitative estimate of drug-likeness (QED) is 0.726. The molecule has 6 nitrogen and oxygen atoms in total. The van der Waals surface area contributed by atoms with E-state index in [1.165, 1.54) is 24.5 Å². The summed E-state index contributed by atoms with van der Waals surface area (Å²) in [5.74, 6) is -1.75. The second kappa shape index (κ2) is 5.48. The molecule has 0 radical (unpaired) electrons. The van der Waals surface area contributed by atoms with Crippen LogP contribution in [0, 0.1) is 5.41 Å². The summed E-state index contributed by atoms with van der Waals surface area (Å²) in [6.07, 6.45) is 1.61. The van der Waals surface area contributed by atoms with E-state index in [4.69, 9.17) is 5.11 Å². The first kappa shape index (κ1) is 14.0. The van der Waals surface area contributed by atoms with Crippen molar-refractivity contribution in [3.8, 4) is 0 Å². The Morgan fingerprint density at radius 1 is 1.39 bits per heavy atom. The second-order valence-corrected chi connectivity index (χ2v) is 4.42. The highest BCUT2D eigenvalue weighted by atomic mass is 16.4. The predicted molar refractivity (Wildman–Crippen MR) is 65.1 cm³/mol. The summed E-state index contributed by atoms with van der Waals surface area (Å²) in [4.78, 5) is 33.8. The molecule has 1 rings (SSSR count). The van der Waals surface area contributed by atoms with Crippen molar-refractivity contribution in [1.82, 2.24) is 9.88 Å². The van der Waals surface area contributed by atoms with Crippen molar-refractivity contribution >= 4 is 11.9 Å². The fourth-order valence-electron chi connectivity index (χ4n) is 1.25. The molecule has 0 unspecified atom stereocenters. The summed E-state index contributed by atoms with van der Waals surface area (Å²) < 4.78 is 1.44. The molecule has 18 heavy (non-hydrogen) atoms. The van der Waals surface area contributed by atoms with Gasteiger partial charge in [0.2, 0.25) is 5.91 Å². The molecule has 0 spiro atoms. The Labute approximate surface area is 104 Å². The van der Waals surface area contributed by atoms with Gasteiger partial charge < -0.3 is 15.0 Å². The largest absolute Gasteiger partial charge is 0.480 e. The highest BCUT2D eigenvalue weighted by Gasteiger charge is 2.35. The van der Waals surface area contributed by atoms with Gasteiger partial charge in [0.05, 0.1) is 0 Å². The number of carbonyl (C=O) groups excluding carboxylic acids is 1. The van der Waals surface area contributed by atoms with Crippen molar-refractivity contribution in [3.63, 3.8) is 0 Å². The molecule has 0 aliphatic rings. The van der Waals surface area contributed by atoms with E-state index in [-0.39, 0.29) is 12.1 Å². The number of carbonyl (C=O) groups is 2. The first-order valence-corrected chi connectivity index (χ1v) is 5.53. The molecule has 0 atom stereocenters. The summed E-state index contributed by atoms with van der Waals surface area (Å²) in [7, 11) is 0. The van der Waals surface area contributed by atoms with E-state index in [1.807, 2.05) is 0 Å². The number of aliphatic carboxylic acids is 1. The van der Waals surface area contributed by atoms with Crippen LogP contribution in [0.15, 0.2) is 29.2 Å². The van der Waals surface area contributed by atoms with E-state index in [0.717, 1.165) is 0 Å². The Bertz CT molecular complexity index is 505. The van der Waals surface area contributed by atoms with E-state index < -0.39 is 17.3 Å². The maximum atomic E-state index is 11.6. The normalized spacial score (nSPS) is 11.0. The highest BCUT2D eigenvalue weighted by Crippen LogP contribution is 2.14. The van der Waals surface area contributed by atoms with Crippen LogP contribution in [0.25, 0.3) is 0 Å². The van der Waals surface area contributed by atoms with Gasteiger partial charge in [-0.3, -0.25) is 14.4 Å². The number of hydrogen-bond acceptors (Lipinski definition) is 3. The third-order valence-electron chi connectivity index (χ3n) is 2.64. The third kappa shape index (κ3) is 3.19. The smallest absolute Gasteiger partial charge is 0.318 e. The summed E-state index contributed by atoms with van der Waals surface area (Å²) in [6.45, 7) is 3.18. The number of carboxylic acids is 1. The van der Waals surface area contributed by atoms with E-state index in [0.29, 0.717) is 6.54 Å². The number of rotatable bonds is 5. The average molecular weight is 252 g/mol. The van der Waals surface area contributed by atoms with Gasteiger partial charge in [0.25, 0.3) is 5.56 Å². The molecule has 1 amide bonds. The van der Waals surface area contributed by atoms with Gasteiger partial charge in [0.15, 0.2) is 0 Å². The molecule has 2 N–H and O–H groups in total. The van der Waals surface area contributed by atoms with Crippen LogP contribution in [0.3, 0.4) is 0 Å². The van der Waals surface area contributed by atoms with Crippen LogP contribution in [0.1, 0.15) is 13.8 Å². The summed E-state index contributed by atoms with van der Waals surface area (Å²) in [5.41, 5.74) is -1.63. The van der Waals surface area contributed by atoms with Crippen molar-refractivity contribution in [2.45, 2.75) is 20.4 Å². The summed E-state index contributed by atoms with van der Waals surface area (Å²) in [5, 5.41) is 11.4. The zero-order valence-corrected chi connectivity index (χ0v) is 10.3. The number of pyridine rings is 1. The number of hydrogen-bond donors (Lipinski definition) is 2. The lowest BCUT2D eigenvalue weighted by atomic mass is 9.93. The van der Waals surface area contributed by atoms with Gasteiger partial charge in [0.1, 0.15) is 5.41 Å². The van der Waals surface area contributed by atoms with Gasteiger partial charge in [0, 0.05) is 25.4 Å². The number of nitrogens with zero attached hydrogens (tertiary/aromatic N) is 1. The third-order valence-corrected chi connectivity index (χ3v) is 2.64. The summed E-state index contributed by atoms with van der Waals surface area (Å²) >= 11 is 0. The first-order valence-electron chi connectivity index (χ1n) is 5.53. The first-order chi connectivity index (χ1) is 8.35. The average Bonchev–Trinajstić information content (AvgIpc) is 2.31. The number of amides is 1. The molecular weight excluding hydrogens is 236 g/mol. The number of nitrogens with one attached hydrogen (secondary N) is 1. The number of aromatic nitrogens is 1. The minimum Gasteiger partial charge on any atom is -0.480 e. The maximum absolute atomic E-state index is 11.6. The van der Waals surface area contributed by atoms with Crippen molar-refractivity contribution in [3.05, 3.63) is 34.7 Å². The molecule has 0 aliphatic heterocycles. The summed E-state index contributed by atoms with van der Waals surface area (Å²) in [6, 6.07) is 4.76. The molecule has 0 saturated heterocycles. The van der Waals surface area contributed by atoms with E-state index in [9.17, 15) is 14.4 Å². The Hall–Kier alpha value is -2.11. The van der Waals surface area contributed by atoms with E-state index in [2.05, 4.69) is 5.32 Å². The fraction of sp³-hybridized carbons (Fsp3) is 0.417. The molecular formula is C12H16N2O4. The Balaban J connectivity index is 2.53. The van der Waals surface area contributed by atoms with Crippen LogP contribution >= 0.6 is 0 Å². The van der Waals surface area contributed by atoms with Gasteiger partial charge in [-0.1, -0.05) is 6.07 Å². The van der Waals surface area contributed by atoms with Crippen molar-refractivity contribution in [2.75, 3.05) is 6.54 Å². The Kier molecular flexibility index (Phi) is 4.25. The predicted octanol–water partition coefficient (Wildman–Crippen LogP) is 0.0753. The minimum absolute atomic E-state index is 0.163. The SMILES string of the molecule is CC(C)(C(=O)O)C(=O)NCCn1ccccc1=O. The lowest BCUT2D eigenvalue weighted by Gasteiger charge is -2.18. The monoisotopic (exact) mass is 252 g/mol. The van der Waals surface area contributed by atoms with Crippen molar-refractivity contribution in [2.24, 2.45) is 5.41 Å². The minimum atomic E-state index is -1.47. The van der Waals surface area contributed by atoms with Crippen LogP contribution in [-0.2, 0) is 16.1 Å². The van der Waals surface area contributed by atoms with Gasteiger partial charge in [-0.15, -0.1) is 0 Å². The van der Waals surface area contributed by atoms with Crippen LogP contribution in [0.2, 0.25) is 0 Å². The number of carboxylic acid groups (broad SMARTS) is 1. The van der Waals surface area contributed by atoms with Crippen molar-refractivity contribution < 1.29 is 14.7 Å². The lowest BCUT2D eigenvalue weighted by molar-refractivity contribution is -0.153. The molecule has 0 fully saturated rings. The zero-order chi connectivity index (χ0) is 13.8. The standard InChI is InChI=1S/C12H16N2O4/c1-12(2,11(17)18)10(16)13-6-8-14-7-4-3-5-9(14)15/h3-5,7H,6,8H2,1-2H3,(H,13,16)(H,17,18). The van der Waals surface area contributed by atoms with Gasteiger partial charge in [-0.25, -0.2) is 0 Å². The molecule has 0 saturated carbocycles. The fourth-order valence-corrected chi connectivity index (χ4v) is 1.25. The van der Waals surface area contributed by atoms with Crippen molar-refractivity contribution in [1.29, 1.82) is 0 Å². The lowest BCUT2D eigenvalue weighted by Crippen LogP contribution is -2.43. The van der Waals surface area contributed by atoms with E-state index >= 15 is 0 Å². The molecule has 1 aromatic rings. The zero-order valence-electron chi connectivity index (χ0n) is 10.3.